The second-order valence-electron chi connectivity index (χ2n) is 7.34. The maximum Gasteiger partial charge on any atom is 0.407 e. The van der Waals surface area contributed by atoms with Crippen LogP contribution in [0.3, 0.4) is 0 Å². The first kappa shape index (κ1) is 21.9. The molecule has 2 amide bonds. The van der Waals surface area contributed by atoms with E-state index in [9.17, 15) is 14.4 Å². The molecular weight excluding hydrogens is 372 g/mol. The van der Waals surface area contributed by atoms with Crippen LogP contribution in [-0.2, 0) is 27.4 Å². The smallest absolute Gasteiger partial charge is 0.407 e. The zero-order valence-corrected chi connectivity index (χ0v) is 16.9. The van der Waals surface area contributed by atoms with Gasteiger partial charge >= 0.3 is 12.1 Å². The molecule has 0 aromatic heterocycles. The van der Waals surface area contributed by atoms with Gasteiger partial charge in [0.05, 0.1) is 0 Å². The third kappa shape index (κ3) is 8.04. The van der Waals surface area contributed by atoms with Gasteiger partial charge in [-0.2, -0.15) is 0 Å². The van der Waals surface area contributed by atoms with Crippen LogP contribution in [0.15, 0.2) is 54.6 Å². The van der Waals surface area contributed by atoms with Gasteiger partial charge in [-0.15, -0.1) is 0 Å². The van der Waals surface area contributed by atoms with Gasteiger partial charge in [0, 0.05) is 12.1 Å². The first-order valence-electron chi connectivity index (χ1n) is 9.27. The lowest BCUT2D eigenvalue weighted by molar-refractivity contribution is -0.153. The average molecular weight is 398 g/mol. The highest BCUT2D eigenvalue weighted by atomic mass is 16.6. The largest absolute Gasteiger partial charge is 0.459 e. The van der Waals surface area contributed by atoms with Crippen LogP contribution in [0.1, 0.15) is 42.3 Å². The molecule has 0 heterocycles. The number of alkyl carbamates (subject to hydrolysis) is 1. The van der Waals surface area contributed by atoms with Crippen LogP contribution < -0.4 is 10.6 Å². The Morgan fingerprint density at radius 3 is 2.24 bits per heavy atom. The minimum absolute atomic E-state index is 0.115. The molecule has 154 valence electrons. The Morgan fingerprint density at radius 1 is 0.897 bits per heavy atom. The van der Waals surface area contributed by atoms with Gasteiger partial charge in [-0.3, -0.25) is 9.59 Å². The maximum absolute atomic E-state index is 12.4. The predicted octanol–water partition coefficient (Wildman–Crippen LogP) is 3.18. The number of carbonyl (C=O) groups excluding carboxylic acids is 3. The fourth-order valence-corrected chi connectivity index (χ4v) is 2.46. The monoisotopic (exact) mass is 398 g/mol. The van der Waals surface area contributed by atoms with E-state index in [0.717, 1.165) is 5.56 Å². The van der Waals surface area contributed by atoms with E-state index in [-0.39, 0.29) is 19.7 Å². The molecule has 0 radical (unpaired) electrons. The molecule has 0 saturated heterocycles. The van der Waals surface area contributed by atoms with Crippen LogP contribution in [0.5, 0.6) is 0 Å². The molecule has 7 nitrogen and oxygen atoms in total. The van der Waals surface area contributed by atoms with E-state index < -0.39 is 23.6 Å². The van der Waals surface area contributed by atoms with Gasteiger partial charge in [0.15, 0.2) is 0 Å². The average Bonchev–Trinajstić information content (AvgIpc) is 2.68. The molecule has 0 atom stereocenters. The lowest BCUT2D eigenvalue weighted by atomic mass is 10.1. The lowest BCUT2D eigenvalue weighted by Gasteiger charge is -2.19. The van der Waals surface area contributed by atoms with Crippen molar-refractivity contribution in [3.63, 3.8) is 0 Å². The number of carbonyl (C=O) groups is 3. The molecule has 0 aliphatic rings. The van der Waals surface area contributed by atoms with Crippen molar-refractivity contribution in [1.82, 2.24) is 10.6 Å². The Bertz CT molecular complexity index is 844. The number of amides is 2. The summed E-state index contributed by atoms with van der Waals surface area (Å²) in [6.07, 6.45) is -0.585. The summed E-state index contributed by atoms with van der Waals surface area (Å²) in [4.78, 5) is 36.1. The van der Waals surface area contributed by atoms with Gasteiger partial charge in [-0.1, -0.05) is 48.5 Å². The fraction of sp³-hybridized carbons (Fsp3) is 0.318. The Labute approximate surface area is 170 Å². The molecule has 2 aromatic rings. The highest BCUT2D eigenvalue weighted by molar-refractivity contribution is 5.97. The summed E-state index contributed by atoms with van der Waals surface area (Å²) in [7, 11) is 0. The van der Waals surface area contributed by atoms with E-state index in [1.54, 1.807) is 45.0 Å². The highest BCUT2D eigenvalue weighted by Crippen LogP contribution is 2.10. The third-order valence-electron chi connectivity index (χ3n) is 3.71. The molecule has 2 N–H and O–H groups in total. The van der Waals surface area contributed by atoms with Crippen LogP contribution in [-0.4, -0.2) is 30.1 Å². The van der Waals surface area contributed by atoms with Gasteiger partial charge in [0.1, 0.15) is 18.8 Å². The number of esters is 1. The Balaban J connectivity index is 1.86. The van der Waals surface area contributed by atoms with E-state index in [4.69, 9.17) is 9.47 Å². The van der Waals surface area contributed by atoms with Crippen molar-refractivity contribution >= 4 is 18.0 Å². The first-order chi connectivity index (χ1) is 13.7. The zero-order valence-electron chi connectivity index (χ0n) is 16.9. The second-order valence-corrected chi connectivity index (χ2v) is 7.34. The Kier molecular flexibility index (Phi) is 7.77. The molecule has 0 unspecified atom stereocenters. The molecule has 0 aliphatic carbocycles. The van der Waals surface area contributed by atoms with Crippen molar-refractivity contribution in [3.8, 4) is 0 Å². The first-order valence-corrected chi connectivity index (χ1v) is 9.27. The van der Waals surface area contributed by atoms with Crippen molar-refractivity contribution in [1.29, 1.82) is 0 Å². The Hall–Kier alpha value is -3.35. The Morgan fingerprint density at radius 2 is 1.55 bits per heavy atom. The highest BCUT2D eigenvalue weighted by Gasteiger charge is 2.18. The standard InChI is InChI=1S/C22H26N2O5/c1-22(2,3)29-19(25)14-23-20(26)18-12-8-7-11-17(18)13-24-21(27)28-15-16-9-5-4-6-10-16/h4-12H,13-15H2,1-3H3,(H,23,26)(H,24,27). The van der Waals surface area contributed by atoms with E-state index >= 15 is 0 Å². The van der Waals surface area contributed by atoms with Gasteiger partial charge < -0.3 is 20.1 Å². The SMILES string of the molecule is CC(C)(C)OC(=O)CNC(=O)c1ccccc1CNC(=O)OCc1ccccc1. The van der Waals surface area contributed by atoms with E-state index in [0.29, 0.717) is 11.1 Å². The number of hydrogen-bond donors (Lipinski definition) is 2. The minimum Gasteiger partial charge on any atom is -0.459 e. The van der Waals surface area contributed by atoms with Gasteiger partial charge in [0.2, 0.25) is 0 Å². The third-order valence-corrected chi connectivity index (χ3v) is 3.71. The van der Waals surface area contributed by atoms with Crippen LogP contribution >= 0.6 is 0 Å². The topological polar surface area (TPSA) is 93.7 Å². The summed E-state index contributed by atoms with van der Waals surface area (Å²) in [6.45, 7) is 5.30. The lowest BCUT2D eigenvalue weighted by Crippen LogP contribution is -2.35. The molecule has 2 aromatic carbocycles. The fourth-order valence-electron chi connectivity index (χ4n) is 2.46. The van der Waals surface area contributed by atoms with Crippen LogP contribution in [0.4, 0.5) is 4.79 Å². The van der Waals surface area contributed by atoms with Gasteiger partial charge in [0.25, 0.3) is 5.91 Å². The predicted molar refractivity (Wildman–Crippen MR) is 108 cm³/mol. The van der Waals surface area contributed by atoms with Crippen LogP contribution in [0.25, 0.3) is 0 Å². The number of benzene rings is 2. The second kappa shape index (κ2) is 10.3. The molecule has 0 fully saturated rings. The summed E-state index contributed by atoms with van der Waals surface area (Å²) in [6, 6.07) is 16.1. The summed E-state index contributed by atoms with van der Waals surface area (Å²) < 4.78 is 10.3. The summed E-state index contributed by atoms with van der Waals surface area (Å²) in [5.41, 5.74) is 1.22. The quantitative estimate of drug-likeness (QED) is 0.699. The van der Waals surface area contributed by atoms with Crippen molar-refractivity contribution in [2.24, 2.45) is 0 Å². The van der Waals surface area contributed by atoms with Crippen molar-refractivity contribution < 1.29 is 23.9 Å². The zero-order chi connectivity index (χ0) is 21.3. The number of ether oxygens (including phenoxy) is 2. The van der Waals surface area contributed by atoms with Gasteiger partial charge in [-0.25, -0.2) is 4.79 Å². The van der Waals surface area contributed by atoms with E-state index in [1.807, 2.05) is 30.3 Å². The molecular formula is C22H26N2O5. The van der Waals surface area contributed by atoms with Crippen molar-refractivity contribution in [3.05, 3.63) is 71.3 Å². The molecule has 2 rings (SSSR count). The molecule has 29 heavy (non-hydrogen) atoms. The van der Waals surface area contributed by atoms with Crippen LogP contribution in [0, 0.1) is 0 Å². The molecule has 7 heteroatoms. The minimum atomic E-state index is -0.621. The van der Waals surface area contributed by atoms with Crippen molar-refractivity contribution in [2.45, 2.75) is 39.5 Å². The van der Waals surface area contributed by atoms with E-state index in [2.05, 4.69) is 10.6 Å². The van der Waals surface area contributed by atoms with Crippen LogP contribution in [0.2, 0.25) is 0 Å². The maximum atomic E-state index is 12.4. The molecule has 0 saturated carbocycles. The van der Waals surface area contributed by atoms with Crippen molar-refractivity contribution in [2.75, 3.05) is 6.54 Å². The molecule has 0 bridgehead atoms. The van der Waals surface area contributed by atoms with Gasteiger partial charge in [-0.05, 0) is 38.0 Å². The normalized spacial score (nSPS) is 10.7. The number of nitrogens with one attached hydrogen (secondary N) is 2. The van der Waals surface area contributed by atoms with E-state index in [1.165, 1.54) is 0 Å². The molecule has 0 spiro atoms. The number of rotatable bonds is 7. The summed E-state index contributed by atoms with van der Waals surface area (Å²) in [5, 5.41) is 5.17. The summed E-state index contributed by atoms with van der Waals surface area (Å²) >= 11 is 0. The number of hydrogen-bond acceptors (Lipinski definition) is 5. The molecule has 0 aliphatic heterocycles. The summed E-state index contributed by atoms with van der Waals surface area (Å²) in [5.74, 6) is -0.947.